The van der Waals surface area contributed by atoms with Crippen molar-refractivity contribution in [3.05, 3.63) is 0 Å². The second-order valence-electron chi connectivity index (χ2n) is 5.49. The van der Waals surface area contributed by atoms with Crippen LogP contribution >= 0.6 is 11.8 Å². The zero-order valence-corrected chi connectivity index (χ0v) is 13.4. The number of nitrogens with one attached hydrogen (secondary N) is 2. The van der Waals surface area contributed by atoms with Gasteiger partial charge in [0.2, 0.25) is 23.6 Å². The number of nitrogens with zero attached hydrogens (tertiary/aromatic N) is 1. The van der Waals surface area contributed by atoms with Crippen molar-refractivity contribution in [1.82, 2.24) is 15.5 Å². The third-order valence-corrected chi connectivity index (χ3v) is 5.02. The van der Waals surface area contributed by atoms with Gasteiger partial charge in [0.05, 0.1) is 23.3 Å². The van der Waals surface area contributed by atoms with Gasteiger partial charge in [0, 0.05) is 20.1 Å². The van der Waals surface area contributed by atoms with Gasteiger partial charge in [-0.05, 0) is 12.8 Å². The molecule has 0 aromatic rings. The van der Waals surface area contributed by atoms with Crippen molar-refractivity contribution >= 4 is 35.4 Å². The van der Waals surface area contributed by atoms with Crippen LogP contribution in [-0.2, 0) is 19.2 Å². The molecule has 0 aromatic heterocycles. The predicted octanol–water partition coefficient (Wildman–Crippen LogP) is -0.633. The lowest BCUT2D eigenvalue weighted by molar-refractivity contribution is -0.140. The monoisotopic (exact) mass is 327 g/mol. The lowest BCUT2D eigenvalue weighted by atomic mass is 10.00. The van der Waals surface area contributed by atoms with Crippen LogP contribution in [0.25, 0.3) is 0 Å². The van der Waals surface area contributed by atoms with E-state index in [4.69, 9.17) is 0 Å². The fourth-order valence-electron chi connectivity index (χ4n) is 2.95. The number of hydrogen-bond donors (Lipinski definition) is 2. The minimum atomic E-state index is -0.201. The lowest BCUT2D eigenvalue weighted by Crippen LogP contribution is -2.39. The Morgan fingerprint density at radius 2 is 1.73 bits per heavy atom. The van der Waals surface area contributed by atoms with Crippen molar-refractivity contribution in [2.45, 2.75) is 19.3 Å². The molecule has 0 spiro atoms. The molecule has 4 amide bonds. The van der Waals surface area contributed by atoms with Crippen LogP contribution in [0.2, 0.25) is 0 Å². The maximum absolute atomic E-state index is 12.1. The molecule has 2 atom stereocenters. The molecule has 1 saturated carbocycles. The van der Waals surface area contributed by atoms with Crippen LogP contribution in [0.5, 0.6) is 0 Å². The molecule has 0 unspecified atom stereocenters. The first kappa shape index (κ1) is 16.8. The molecule has 0 bridgehead atoms. The van der Waals surface area contributed by atoms with Gasteiger partial charge in [0.25, 0.3) is 0 Å². The van der Waals surface area contributed by atoms with Crippen LogP contribution in [0, 0.1) is 11.8 Å². The van der Waals surface area contributed by atoms with E-state index < -0.39 is 0 Å². The molecule has 2 N–H and O–H groups in total. The van der Waals surface area contributed by atoms with E-state index in [-0.39, 0.29) is 60.1 Å². The van der Waals surface area contributed by atoms with E-state index >= 15 is 0 Å². The summed E-state index contributed by atoms with van der Waals surface area (Å²) in [5.41, 5.74) is 0. The normalized spacial score (nSPS) is 23.6. The quantitative estimate of drug-likeness (QED) is 0.607. The highest BCUT2D eigenvalue weighted by Crippen LogP contribution is 2.39. The van der Waals surface area contributed by atoms with Crippen LogP contribution in [0.3, 0.4) is 0 Å². The van der Waals surface area contributed by atoms with Gasteiger partial charge in [-0.25, -0.2) is 0 Å². The molecule has 0 aromatic carbocycles. The van der Waals surface area contributed by atoms with Gasteiger partial charge >= 0.3 is 0 Å². The van der Waals surface area contributed by atoms with E-state index in [9.17, 15) is 19.2 Å². The van der Waals surface area contributed by atoms with Crippen LogP contribution < -0.4 is 10.6 Å². The maximum Gasteiger partial charge on any atom is 0.233 e. The maximum atomic E-state index is 12.1. The summed E-state index contributed by atoms with van der Waals surface area (Å²) in [4.78, 5) is 48.1. The molecule has 8 heteroatoms. The van der Waals surface area contributed by atoms with Crippen molar-refractivity contribution in [3.8, 4) is 0 Å². The molecular weight excluding hydrogens is 306 g/mol. The Balaban J connectivity index is 1.66. The summed E-state index contributed by atoms with van der Waals surface area (Å²) in [7, 11) is 1.54. The summed E-state index contributed by atoms with van der Waals surface area (Å²) in [6.45, 7) is 0.493. The Morgan fingerprint density at radius 1 is 1.14 bits per heavy atom. The number of imide groups is 1. The van der Waals surface area contributed by atoms with Crippen LogP contribution in [-0.4, -0.2) is 60.2 Å². The average molecular weight is 327 g/mol. The predicted molar refractivity (Wildman–Crippen MR) is 82.0 cm³/mol. The minimum Gasteiger partial charge on any atom is -0.358 e. The molecule has 0 radical (unpaired) electrons. The standard InChI is InChI=1S/C14H21N3O4S/c1-15-11(18)7-22-8-12(19)16-5-6-17-13(20)9-3-2-4-10(9)14(17)21/h9-10H,2-8H2,1H3,(H,15,18)(H,16,19)/t9-,10+. The lowest BCUT2D eigenvalue weighted by Gasteiger charge is -2.16. The molecule has 22 heavy (non-hydrogen) atoms. The number of hydrogen-bond acceptors (Lipinski definition) is 5. The van der Waals surface area contributed by atoms with Gasteiger partial charge in [-0.15, -0.1) is 11.8 Å². The molecule has 7 nitrogen and oxygen atoms in total. The number of carbonyl (C=O) groups excluding carboxylic acids is 4. The molecule has 122 valence electrons. The van der Waals surface area contributed by atoms with E-state index in [0.717, 1.165) is 19.3 Å². The number of carbonyl (C=O) groups is 4. The zero-order valence-electron chi connectivity index (χ0n) is 12.6. The van der Waals surface area contributed by atoms with Gasteiger partial charge in [-0.2, -0.15) is 0 Å². The summed E-state index contributed by atoms with van der Waals surface area (Å²) in [6, 6.07) is 0. The number of fused-ring (bicyclic) bond motifs is 1. The third-order valence-electron chi connectivity index (χ3n) is 4.09. The smallest absolute Gasteiger partial charge is 0.233 e. The second kappa shape index (κ2) is 7.62. The number of thioether (sulfide) groups is 1. The highest BCUT2D eigenvalue weighted by molar-refractivity contribution is 8.00. The minimum absolute atomic E-state index is 0.0873. The van der Waals surface area contributed by atoms with E-state index in [2.05, 4.69) is 10.6 Å². The SMILES string of the molecule is CNC(=O)CSCC(=O)NCCN1C(=O)[C@H]2CCC[C@H]2C1=O. The summed E-state index contributed by atoms with van der Waals surface area (Å²) in [5, 5.41) is 5.15. The van der Waals surface area contributed by atoms with Crippen molar-refractivity contribution in [2.75, 3.05) is 31.6 Å². The fraction of sp³-hybridized carbons (Fsp3) is 0.714. The van der Waals surface area contributed by atoms with Gasteiger partial charge in [-0.3, -0.25) is 24.1 Å². The highest BCUT2D eigenvalue weighted by Gasteiger charge is 2.49. The Morgan fingerprint density at radius 3 is 2.32 bits per heavy atom. The van der Waals surface area contributed by atoms with Crippen LogP contribution in [0.1, 0.15) is 19.3 Å². The Bertz CT molecular complexity index is 461. The van der Waals surface area contributed by atoms with E-state index in [0.29, 0.717) is 0 Å². The van der Waals surface area contributed by atoms with Crippen molar-refractivity contribution in [1.29, 1.82) is 0 Å². The van der Waals surface area contributed by atoms with Crippen molar-refractivity contribution < 1.29 is 19.2 Å². The van der Waals surface area contributed by atoms with Crippen molar-refractivity contribution in [3.63, 3.8) is 0 Å². The molecule has 2 rings (SSSR count). The molecule has 1 aliphatic heterocycles. The summed E-state index contributed by atoms with van der Waals surface area (Å²) in [5.74, 6) is -0.355. The van der Waals surface area contributed by atoms with Gasteiger partial charge in [0.15, 0.2) is 0 Å². The third kappa shape index (κ3) is 3.79. The number of amides is 4. The molecule has 1 saturated heterocycles. The summed E-state index contributed by atoms with van der Waals surface area (Å²) >= 11 is 1.22. The Kier molecular flexibility index (Phi) is 5.82. The first-order chi connectivity index (χ1) is 10.5. The molecular formula is C14H21N3O4S. The van der Waals surface area contributed by atoms with Gasteiger partial charge in [-0.1, -0.05) is 6.42 Å². The first-order valence-corrected chi connectivity index (χ1v) is 8.60. The fourth-order valence-corrected chi connectivity index (χ4v) is 3.67. The van der Waals surface area contributed by atoms with Crippen molar-refractivity contribution in [2.24, 2.45) is 11.8 Å². The largest absolute Gasteiger partial charge is 0.358 e. The Hall–Kier alpha value is -1.57. The molecule has 1 heterocycles. The second-order valence-corrected chi connectivity index (χ2v) is 6.47. The zero-order chi connectivity index (χ0) is 16.1. The molecule has 2 aliphatic rings. The van der Waals surface area contributed by atoms with Crippen LogP contribution in [0.15, 0.2) is 0 Å². The van der Waals surface area contributed by atoms with E-state index in [1.165, 1.54) is 16.7 Å². The first-order valence-electron chi connectivity index (χ1n) is 7.45. The van der Waals surface area contributed by atoms with Crippen LogP contribution in [0.4, 0.5) is 0 Å². The molecule has 1 aliphatic carbocycles. The topological polar surface area (TPSA) is 95.6 Å². The highest BCUT2D eigenvalue weighted by atomic mass is 32.2. The number of likely N-dealkylation sites (tertiary alicyclic amines) is 1. The molecule has 2 fully saturated rings. The summed E-state index contributed by atoms with van der Waals surface area (Å²) < 4.78 is 0. The van der Waals surface area contributed by atoms with E-state index in [1.807, 2.05) is 0 Å². The number of rotatable bonds is 7. The average Bonchev–Trinajstić information content (AvgIpc) is 3.06. The van der Waals surface area contributed by atoms with Gasteiger partial charge in [0.1, 0.15) is 0 Å². The van der Waals surface area contributed by atoms with E-state index in [1.54, 1.807) is 7.05 Å². The Labute approximate surface area is 133 Å². The summed E-state index contributed by atoms with van der Waals surface area (Å²) in [6.07, 6.45) is 2.54. The van der Waals surface area contributed by atoms with Gasteiger partial charge < -0.3 is 10.6 Å².